The monoisotopic (exact) mass is 228 g/mol. The van der Waals surface area contributed by atoms with Gasteiger partial charge in [0.25, 0.3) is 0 Å². The molecule has 0 radical (unpaired) electrons. The zero-order chi connectivity index (χ0) is 12.1. The first kappa shape index (κ1) is 13.0. The number of unbranched alkanes of at least 4 members (excludes halogenated alkanes) is 1. The van der Waals surface area contributed by atoms with E-state index in [2.05, 4.69) is 5.32 Å². The van der Waals surface area contributed by atoms with Crippen LogP contribution >= 0.6 is 0 Å². The van der Waals surface area contributed by atoms with E-state index in [-0.39, 0.29) is 11.9 Å². The van der Waals surface area contributed by atoms with Crippen LogP contribution in [0.3, 0.4) is 0 Å². The fraction of sp³-hybridized carbons (Fsp3) is 0.818. The number of nitrogens with one attached hydrogen (secondary N) is 1. The molecule has 1 rings (SSSR count). The minimum Gasteiger partial charge on any atom is -0.480 e. The molecule has 0 aromatic rings. The van der Waals surface area contributed by atoms with Crippen molar-refractivity contribution in [2.24, 2.45) is 0 Å². The fourth-order valence-electron chi connectivity index (χ4n) is 1.91. The number of carbonyl (C=O) groups is 2. The standard InChI is InChI=1S/C11H20N2O3/c1-3-4-5-9(11(15)16)12-8-6-7-13(2)10(8)14/h8-9,12H,3-7H2,1-2H3,(H,15,16). The van der Waals surface area contributed by atoms with E-state index in [1.54, 1.807) is 11.9 Å². The van der Waals surface area contributed by atoms with Gasteiger partial charge in [-0.1, -0.05) is 19.8 Å². The summed E-state index contributed by atoms with van der Waals surface area (Å²) in [4.78, 5) is 24.2. The molecule has 1 aliphatic heterocycles. The van der Waals surface area contributed by atoms with Crippen molar-refractivity contribution < 1.29 is 14.7 Å². The van der Waals surface area contributed by atoms with Gasteiger partial charge in [0.05, 0.1) is 6.04 Å². The van der Waals surface area contributed by atoms with Crippen molar-refractivity contribution in [3.63, 3.8) is 0 Å². The lowest BCUT2D eigenvalue weighted by Gasteiger charge is -2.18. The van der Waals surface area contributed by atoms with Crippen LogP contribution in [0.2, 0.25) is 0 Å². The molecule has 5 nitrogen and oxygen atoms in total. The van der Waals surface area contributed by atoms with Crippen molar-refractivity contribution in [2.45, 2.75) is 44.7 Å². The van der Waals surface area contributed by atoms with E-state index in [0.29, 0.717) is 19.4 Å². The lowest BCUT2D eigenvalue weighted by molar-refractivity contribution is -0.140. The summed E-state index contributed by atoms with van der Waals surface area (Å²) in [5.41, 5.74) is 0. The van der Waals surface area contributed by atoms with Gasteiger partial charge in [0, 0.05) is 13.6 Å². The molecule has 16 heavy (non-hydrogen) atoms. The highest BCUT2D eigenvalue weighted by Gasteiger charge is 2.32. The highest BCUT2D eigenvalue weighted by Crippen LogP contribution is 2.11. The molecule has 0 aromatic carbocycles. The lowest BCUT2D eigenvalue weighted by Crippen LogP contribution is -2.46. The summed E-state index contributed by atoms with van der Waals surface area (Å²) in [7, 11) is 1.74. The summed E-state index contributed by atoms with van der Waals surface area (Å²) in [5.74, 6) is -0.862. The highest BCUT2D eigenvalue weighted by atomic mass is 16.4. The number of carbonyl (C=O) groups excluding carboxylic acids is 1. The molecule has 2 atom stereocenters. The quantitative estimate of drug-likeness (QED) is 0.692. The molecular formula is C11H20N2O3. The molecule has 1 amide bonds. The molecule has 0 spiro atoms. The second kappa shape index (κ2) is 5.84. The van der Waals surface area contributed by atoms with E-state index < -0.39 is 12.0 Å². The van der Waals surface area contributed by atoms with Crippen molar-refractivity contribution >= 4 is 11.9 Å². The third kappa shape index (κ3) is 3.20. The molecule has 2 unspecified atom stereocenters. The van der Waals surface area contributed by atoms with Gasteiger partial charge in [-0.3, -0.25) is 14.9 Å². The van der Waals surface area contributed by atoms with Gasteiger partial charge in [-0.25, -0.2) is 0 Å². The molecule has 0 bridgehead atoms. The zero-order valence-electron chi connectivity index (χ0n) is 9.90. The van der Waals surface area contributed by atoms with Gasteiger partial charge in [0.1, 0.15) is 6.04 Å². The molecule has 1 heterocycles. The van der Waals surface area contributed by atoms with Gasteiger partial charge in [0.2, 0.25) is 5.91 Å². The SMILES string of the molecule is CCCCC(NC1CCN(C)C1=O)C(=O)O. The number of amides is 1. The number of carboxylic acid groups (broad SMARTS) is 1. The molecule has 0 aliphatic carbocycles. The van der Waals surface area contributed by atoms with Gasteiger partial charge < -0.3 is 10.0 Å². The smallest absolute Gasteiger partial charge is 0.320 e. The molecule has 92 valence electrons. The van der Waals surface area contributed by atoms with Gasteiger partial charge >= 0.3 is 5.97 Å². The van der Waals surface area contributed by atoms with Crippen LogP contribution in [0, 0.1) is 0 Å². The van der Waals surface area contributed by atoms with Gasteiger partial charge in [-0.2, -0.15) is 0 Å². The number of likely N-dealkylation sites (tertiary alicyclic amines) is 1. The predicted octanol–water partition coefficient (Wildman–Crippen LogP) is 0.450. The van der Waals surface area contributed by atoms with Crippen molar-refractivity contribution in [1.82, 2.24) is 10.2 Å². The Labute approximate surface area is 95.8 Å². The first-order chi connectivity index (χ1) is 7.56. The fourth-order valence-corrected chi connectivity index (χ4v) is 1.91. The van der Waals surface area contributed by atoms with Crippen LogP contribution in [0.15, 0.2) is 0 Å². The van der Waals surface area contributed by atoms with E-state index in [4.69, 9.17) is 5.11 Å². The molecule has 0 saturated carbocycles. The van der Waals surface area contributed by atoms with Gasteiger partial charge in [0.15, 0.2) is 0 Å². The Hall–Kier alpha value is -1.10. The van der Waals surface area contributed by atoms with E-state index >= 15 is 0 Å². The van der Waals surface area contributed by atoms with Gasteiger partial charge in [-0.05, 0) is 12.8 Å². The first-order valence-electron chi connectivity index (χ1n) is 5.80. The molecule has 0 aromatic heterocycles. The summed E-state index contributed by atoms with van der Waals surface area (Å²) < 4.78 is 0. The Morgan fingerprint density at radius 2 is 2.38 bits per heavy atom. The van der Waals surface area contributed by atoms with Gasteiger partial charge in [-0.15, -0.1) is 0 Å². The molecule has 2 N–H and O–H groups in total. The summed E-state index contributed by atoms with van der Waals surface area (Å²) in [6.45, 7) is 2.73. The van der Waals surface area contributed by atoms with Crippen molar-refractivity contribution in [3.05, 3.63) is 0 Å². The topological polar surface area (TPSA) is 69.6 Å². The highest BCUT2D eigenvalue weighted by molar-refractivity contribution is 5.84. The number of hydrogen-bond donors (Lipinski definition) is 2. The minimum absolute atomic E-state index is 0.00254. The minimum atomic E-state index is -0.865. The maximum atomic E-state index is 11.6. The first-order valence-corrected chi connectivity index (χ1v) is 5.80. The van der Waals surface area contributed by atoms with Crippen LogP contribution in [0.25, 0.3) is 0 Å². The van der Waals surface area contributed by atoms with E-state index in [1.165, 1.54) is 0 Å². The Morgan fingerprint density at radius 3 is 2.81 bits per heavy atom. The third-order valence-corrected chi connectivity index (χ3v) is 2.97. The largest absolute Gasteiger partial charge is 0.480 e. The van der Waals surface area contributed by atoms with Crippen molar-refractivity contribution in [3.8, 4) is 0 Å². The van der Waals surface area contributed by atoms with Crippen LogP contribution in [0.1, 0.15) is 32.6 Å². The van der Waals surface area contributed by atoms with E-state index in [0.717, 1.165) is 12.8 Å². The Balaban J connectivity index is 2.48. The van der Waals surface area contributed by atoms with Crippen LogP contribution < -0.4 is 5.32 Å². The van der Waals surface area contributed by atoms with Crippen LogP contribution in [0.5, 0.6) is 0 Å². The van der Waals surface area contributed by atoms with Crippen LogP contribution in [0.4, 0.5) is 0 Å². The second-order valence-electron chi connectivity index (χ2n) is 4.30. The van der Waals surface area contributed by atoms with Crippen LogP contribution in [-0.2, 0) is 9.59 Å². The number of aliphatic carboxylic acids is 1. The number of hydrogen-bond acceptors (Lipinski definition) is 3. The maximum Gasteiger partial charge on any atom is 0.320 e. The van der Waals surface area contributed by atoms with Crippen molar-refractivity contribution in [1.29, 1.82) is 0 Å². The Kier molecular flexibility index (Phi) is 4.73. The normalized spacial score (nSPS) is 22.5. The second-order valence-corrected chi connectivity index (χ2v) is 4.30. The third-order valence-electron chi connectivity index (χ3n) is 2.97. The number of rotatable bonds is 6. The maximum absolute atomic E-state index is 11.6. The summed E-state index contributed by atoms with van der Waals surface area (Å²) in [5, 5.41) is 12.0. The molecule has 1 saturated heterocycles. The summed E-state index contributed by atoms with van der Waals surface area (Å²) in [6.07, 6.45) is 3.11. The molecule has 1 fully saturated rings. The summed E-state index contributed by atoms with van der Waals surface area (Å²) >= 11 is 0. The number of likely N-dealkylation sites (N-methyl/N-ethyl adjacent to an activating group) is 1. The molecular weight excluding hydrogens is 208 g/mol. The molecule has 1 aliphatic rings. The number of nitrogens with zero attached hydrogens (tertiary/aromatic N) is 1. The van der Waals surface area contributed by atoms with E-state index in [9.17, 15) is 9.59 Å². The zero-order valence-corrected chi connectivity index (χ0v) is 9.90. The average Bonchev–Trinajstić information content (AvgIpc) is 2.55. The predicted molar refractivity (Wildman–Crippen MR) is 60.1 cm³/mol. The Morgan fingerprint density at radius 1 is 1.69 bits per heavy atom. The average molecular weight is 228 g/mol. The lowest BCUT2D eigenvalue weighted by atomic mass is 10.1. The van der Waals surface area contributed by atoms with Crippen molar-refractivity contribution in [2.75, 3.05) is 13.6 Å². The molecule has 5 heteroatoms. The van der Waals surface area contributed by atoms with E-state index in [1.807, 2.05) is 6.92 Å². The Bertz CT molecular complexity index is 268. The number of carboxylic acids is 1. The summed E-state index contributed by atoms with van der Waals surface area (Å²) in [6, 6.07) is -0.914. The van der Waals surface area contributed by atoms with Crippen LogP contribution in [-0.4, -0.2) is 47.6 Å².